The Morgan fingerprint density at radius 2 is 1.86 bits per heavy atom. The van der Waals surface area contributed by atoms with E-state index >= 15 is 0 Å². The zero-order chi connectivity index (χ0) is 20.4. The number of halogens is 1. The molecule has 2 amide bonds. The van der Waals surface area contributed by atoms with Crippen LogP contribution < -0.4 is 4.74 Å². The minimum absolute atomic E-state index is 0.135. The van der Waals surface area contributed by atoms with Gasteiger partial charge in [-0.05, 0) is 55.1 Å². The Bertz CT molecular complexity index is 1100. The second kappa shape index (κ2) is 8.13. The molecule has 7 heteroatoms. The first kappa shape index (κ1) is 19.3. The molecule has 5 nitrogen and oxygen atoms in total. The van der Waals surface area contributed by atoms with Gasteiger partial charge in [-0.2, -0.15) is 0 Å². The second-order valence-corrected chi connectivity index (χ2v) is 7.52. The summed E-state index contributed by atoms with van der Waals surface area (Å²) < 4.78 is 20.6. The molecule has 0 unspecified atom stereocenters. The van der Waals surface area contributed by atoms with Crippen molar-refractivity contribution >= 4 is 39.9 Å². The Morgan fingerprint density at radius 1 is 1.10 bits per heavy atom. The van der Waals surface area contributed by atoms with E-state index in [9.17, 15) is 14.0 Å². The summed E-state index contributed by atoms with van der Waals surface area (Å²) in [6.45, 7) is 3.16. The van der Waals surface area contributed by atoms with E-state index in [1.165, 1.54) is 29.2 Å². The van der Waals surface area contributed by atoms with E-state index in [-0.39, 0.29) is 30.1 Å². The van der Waals surface area contributed by atoms with Crippen LogP contribution in [0.4, 0.5) is 9.18 Å². The quantitative estimate of drug-likeness (QED) is 0.542. The number of hydrogen-bond acceptors (Lipinski definition) is 4. The van der Waals surface area contributed by atoms with Crippen molar-refractivity contribution in [1.29, 1.82) is 0 Å². The summed E-state index contributed by atoms with van der Waals surface area (Å²) in [4.78, 5) is 26.6. The lowest BCUT2D eigenvalue weighted by Gasteiger charge is -2.13. The van der Waals surface area contributed by atoms with Gasteiger partial charge in [0.25, 0.3) is 11.1 Å². The number of carbonyl (C=O) groups is 2. The van der Waals surface area contributed by atoms with E-state index < -0.39 is 0 Å². The Hall–Kier alpha value is -3.06. The van der Waals surface area contributed by atoms with E-state index in [1.807, 2.05) is 30.5 Å². The highest BCUT2D eigenvalue weighted by atomic mass is 32.2. The lowest BCUT2D eigenvalue weighted by molar-refractivity contribution is -0.123. The molecule has 2 aromatic carbocycles. The number of thioether (sulfide) groups is 1. The number of imide groups is 1. The summed E-state index contributed by atoms with van der Waals surface area (Å²) in [5.74, 6) is -0.185. The van der Waals surface area contributed by atoms with Gasteiger partial charge in [-0.1, -0.05) is 18.2 Å². The van der Waals surface area contributed by atoms with E-state index in [0.717, 1.165) is 34.8 Å². The number of aromatic nitrogens is 1. The fourth-order valence-electron chi connectivity index (χ4n) is 3.27. The normalized spacial score (nSPS) is 15.7. The SMILES string of the molecule is CCn1cc(/C=C2\SC(=O)N(CCOc3ccc(F)cc3)C2=O)c2ccccc21. The predicted octanol–water partition coefficient (Wildman–Crippen LogP) is 4.92. The van der Waals surface area contributed by atoms with Crippen LogP contribution in [0.1, 0.15) is 12.5 Å². The molecule has 0 spiro atoms. The van der Waals surface area contributed by atoms with Crippen molar-refractivity contribution in [2.75, 3.05) is 13.2 Å². The van der Waals surface area contributed by atoms with Gasteiger partial charge in [0.05, 0.1) is 11.4 Å². The first-order valence-corrected chi connectivity index (χ1v) is 10.1. The number of hydrogen-bond donors (Lipinski definition) is 0. The Morgan fingerprint density at radius 3 is 2.62 bits per heavy atom. The molecule has 0 bridgehead atoms. The summed E-state index contributed by atoms with van der Waals surface area (Å²) >= 11 is 0.934. The number of rotatable bonds is 6. The Balaban J connectivity index is 1.48. The van der Waals surface area contributed by atoms with Crippen LogP contribution in [0.3, 0.4) is 0 Å². The summed E-state index contributed by atoms with van der Waals surface area (Å²) in [7, 11) is 0. The molecule has 0 aliphatic carbocycles. The largest absolute Gasteiger partial charge is 0.492 e. The van der Waals surface area contributed by atoms with Gasteiger partial charge in [-0.15, -0.1) is 0 Å². The van der Waals surface area contributed by atoms with Gasteiger partial charge in [0.15, 0.2) is 0 Å². The second-order valence-electron chi connectivity index (χ2n) is 6.52. The van der Waals surface area contributed by atoms with E-state index in [2.05, 4.69) is 11.5 Å². The summed E-state index contributed by atoms with van der Waals surface area (Å²) in [6.07, 6.45) is 3.77. The Kier molecular flexibility index (Phi) is 5.40. The van der Waals surface area contributed by atoms with Crippen LogP contribution in [0.2, 0.25) is 0 Å². The number of para-hydroxylation sites is 1. The zero-order valence-electron chi connectivity index (χ0n) is 15.8. The van der Waals surface area contributed by atoms with Gasteiger partial charge >= 0.3 is 0 Å². The van der Waals surface area contributed by atoms with E-state index in [0.29, 0.717) is 10.7 Å². The standard InChI is InChI=1S/C22H19FN2O3S/c1-2-24-14-15(18-5-3-4-6-19(18)24)13-20-21(26)25(22(27)29-20)11-12-28-17-9-7-16(23)8-10-17/h3-10,13-14H,2,11-12H2,1H3/b20-13-. The average Bonchev–Trinajstić information content (AvgIpc) is 3.21. The topological polar surface area (TPSA) is 51.5 Å². The highest BCUT2D eigenvalue weighted by molar-refractivity contribution is 8.18. The molecule has 148 valence electrons. The van der Waals surface area contributed by atoms with Gasteiger partial charge in [-0.3, -0.25) is 14.5 Å². The molecule has 1 aromatic heterocycles. The molecule has 29 heavy (non-hydrogen) atoms. The molecule has 4 rings (SSSR count). The van der Waals surface area contributed by atoms with Gasteiger partial charge in [0.1, 0.15) is 18.2 Å². The summed E-state index contributed by atoms with van der Waals surface area (Å²) in [5, 5.41) is 0.726. The predicted molar refractivity (Wildman–Crippen MR) is 112 cm³/mol. The minimum atomic E-state index is -0.349. The highest BCUT2D eigenvalue weighted by Gasteiger charge is 2.35. The molecule has 2 heterocycles. The van der Waals surface area contributed by atoms with Crippen LogP contribution in [0, 0.1) is 5.82 Å². The third-order valence-electron chi connectivity index (χ3n) is 4.72. The maximum absolute atomic E-state index is 12.9. The molecule has 0 N–H and O–H groups in total. The molecular weight excluding hydrogens is 391 g/mol. The van der Waals surface area contributed by atoms with Crippen molar-refractivity contribution in [3.8, 4) is 5.75 Å². The van der Waals surface area contributed by atoms with Crippen molar-refractivity contribution in [3.63, 3.8) is 0 Å². The molecule has 0 radical (unpaired) electrons. The molecular formula is C22H19FN2O3S. The molecule has 1 aliphatic heterocycles. The Labute approximate surface area is 171 Å². The zero-order valence-corrected chi connectivity index (χ0v) is 16.6. The number of amides is 2. The van der Waals surface area contributed by atoms with Crippen molar-refractivity contribution in [2.24, 2.45) is 0 Å². The molecule has 1 saturated heterocycles. The van der Waals surface area contributed by atoms with Crippen LogP contribution >= 0.6 is 11.8 Å². The van der Waals surface area contributed by atoms with Crippen LogP contribution in [0.15, 0.2) is 59.6 Å². The van der Waals surface area contributed by atoms with Crippen molar-refractivity contribution in [3.05, 3.63) is 71.0 Å². The molecule has 3 aromatic rings. The summed E-state index contributed by atoms with van der Waals surface area (Å²) in [5.41, 5.74) is 2.00. The van der Waals surface area contributed by atoms with Gasteiger partial charge in [0, 0.05) is 29.2 Å². The minimum Gasteiger partial charge on any atom is -0.492 e. The number of fused-ring (bicyclic) bond motifs is 1. The maximum atomic E-state index is 12.9. The van der Waals surface area contributed by atoms with E-state index in [1.54, 1.807) is 6.08 Å². The fourth-order valence-corrected chi connectivity index (χ4v) is 4.13. The van der Waals surface area contributed by atoms with Crippen LogP contribution in [0.25, 0.3) is 17.0 Å². The van der Waals surface area contributed by atoms with Crippen molar-refractivity contribution in [1.82, 2.24) is 9.47 Å². The fraction of sp³-hybridized carbons (Fsp3) is 0.182. The average molecular weight is 410 g/mol. The van der Waals surface area contributed by atoms with Crippen molar-refractivity contribution < 1.29 is 18.7 Å². The first-order valence-electron chi connectivity index (χ1n) is 9.28. The maximum Gasteiger partial charge on any atom is 0.293 e. The van der Waals surface area contributed by atoms with Crippen LogP contribution in [-0.4, -0.2) is 33.8 Å². The number of benzene rings is 2. The highest BCUT2D eigenvalue weighted by Crippen LogP contribution is 2.34. The van der Waals surface area contributed by atoms with Crippen LogP contribution in [-0.2, 0) is 11.3 Å². The van der Waals surface area contributed by atoms with Crippen molar-refractivity contribution in [2.45, 2.75) is 13.5 Å². The number of ether oxygens (including phenoxy) is 1. The number of carbonyl (C=O) groups excluding carboxylic acids is 2. The summed E-state index contributed by atoms with van der Waals surface area (Å²) in [6, 6.07) is 13.6. The molecule has 0 atom stereocenters. The van der Waals surface area contributed by atoms with Gasteiger partial charge in [0.2, 0.25) is 0 Å². The third kappa shape index (κ3) is 3.91. The van der Waals surface area contributed by atoms with Crippen LogP contribution in [0.5, 0.6) is 5.75 Å². The van der Waals surface area contributed by atoms with Gasteiger partial charge < -0.3 is 9.30 Å². The molecule has 1 fully saturated rings. The smallest absolute Gasteiger partial charge is 0.293 e. The molecule has 1 aliphatic rings. The monoisotopic (exact) mass is 410 g/mol. The number of aryl methyl sites for hydroxylation is 1. The third-order valence-corrected chi connectivity index (χ3v) is 5.62. The van der Waals surface area contributed by atoms with E-state index in [4.69, 9.17) is 4.74 Å². The lowest BCUT2D eigenvalue weighted by Crippen LogP contribution is -2.32. The molecule has 0 saturated carbocycles. The lowest BCUT2D eigenvalue weighted by atomic mass is 10.1. The van der Waals surface area contributed by atoms with Gasteiger partial charge in [-0.25, -0.2) is 4.39 Å². The number of nitrogens with zero attached hydrogens (tertiary/aromatic N) is 2. The first-order chi connectivity index (χ1) is 14.1.